The molecule has 1 aliphatic rings. The zero-order valence-electron chi connectivity index (χ0n) is 11.8. The van der Waals surface area contributed by atoms with Crippen molar-refractivity contribution in [3.8, 4) is 0 Å². The van der Waals surface area contributed by atoms with Crippen LogP contribution in [0.2, 0.25) is 0 Å². The van der Waals surface area contributed by atoms with Gasteiger partial charge in [-0.05, 0) is 29.7 Å². The Kier molecular flexibility index (Phi) is 4.11. The molecule has 0 spiro atoms. The lowest BCUT2D eigenvalue weighted by Crippen LogP contribution is -2.38. The highest BCUT2D eigenvalue weighted by Gasteiger charge is 2.34. The Balaban J connectivity index is 2.35. The third-order valence-electron chi connectivity index (χ3n) is 3.29. The van der Waals surface area contributed by atoms with Crippen molar-refractivity contribution in [2.45, 2.75) is 26.1 Å². The van der Waals surface area contributed by atoms with Crippen LogP contribution in [0.5, 0.6) is 0 Å². The minimum absolute atomic E-state index is 0.235. The molecule has 1 aromatic rings. The van der Waals surface area contributed by atoms with Gasteiger partial charge in [0.1, 0.15) is 5.82 Å². The van der Waals surface area contributed by atoms with E-state index in [1.165, 1.54) is 0 Å². The first-order valence-corrected chi connectivity index (χ1v) is 6.62. The quantitative estimate of drug-likeness (QED) is 0.871. The molecule has 1 aliphatic heterocycles. The summed E-state index contributed by atoms with van der Waals surface area (Å²) in [6.07, 6.45) is -4.58. The van der Waals surface area contributed by atoms with Crippen LogP contribution in [0.1, 0.15) is 31.0 Å². The van der Waals surface area contributed by atoms with Crippen molar-refractivity contribution in [2.75, 3.05) is 13.1 Å². The summed E-state index contributed by atoms with van der Waals surface area (Å²) in [5, 5.41) is 0. The fourth-order valence-corrected chi connectivity index (χ4v) is 2.40. The Hall–Kier alpha value is -1.79. The number of guanidine groups is 1. The van der Waals surface area contributed by atoms with E-state index in [-0.39, 0.29) is 24.0 Å². The number of rotatable bonds is 3. The van der Waals surface area contributed by atoms with Gasteiger partial charge in [-0.3, -0.25) is 4.99 Å². The molecule has 2 N–H and O–H groups in total. The maximum atomic E-state index is 13.5. The fraction of sp³-hybridized carbons (Fsp3) is 0.500. The van der Waals surface area contributed by atoms with Gasteiger partial charge >= 0.3 is 6.18 Å². The summed E-state index contributed by atoms with van der Waals surface area (Å²) in [6, 6.07) is 2.12. The van der Waals surface area contributed by atoms with Gasteiger partial charge in [-0.15, -0.1) is 0 Å². The monoisotopic (exact) mass is 303 g/mol. The molecule has 0 aliphatic carbocycles. The van der Waals surface area contributed by atoms with E-state index in [0.29, 0.717) is 12.6 Å². The second kappa shape index (κ2) is 5.54. The number of hydrogen-bond donors (Lipinski definition) is 1. The summed E-state index contributed by atoms with van der Waals surface area (Å²) in [5.74, 6) is -0.365. The maximum Gasteiger partial charge on any atom is 0.416 e. The number of aliphatic imine (C=N–C) groups is 1. The normalized spacial score (nSPS) is 19.3. The molecule has 21 heavy (non-hydrogen) atoms. The van der Waals surface area contributed by atoms with Gasteiger partial charge in [-0.2, -0.15) is 13.2 Å². The summed E-state index contributed by atoms with van der Waals surface area (Å²) >= 11 is 0. The van der Waals surface area contributed by atoms with Crippen LogP contribution in [0.4, 0.5) is 17.6 Å². The minimum Gasteiger partial charge on any atom is -0.370 e. The van der Waals surface area contributed by atoms with E-state index in [9.17, 15) is 17.6 Å². The van der Waals surface area contributed by atoms with Crippen molar-refractivity contribution in [3.05, 3.63) is 35.1 Å². The number of benzene rings is 1. The molecule has 7 heteroatoms. The van der Waals surface area contributed by atoms with Crippen LogP contribution in [-0.2, 0) is 6.18 Å². The molecule has 0 amide bonds. The van der Waals surface area contributed by atoms with Crippen LogP contribution < -0.4 is 5.73 Å². The second-order valence-electron chi connectivity index (χ2n) is 5.53. The number of hydrogen-bond acceptors (Lipinski definition) is 3. The molecule has 1 heterocycles. The van der Waals surface area contributed by atoms with Crippen molar-refractivity contribution < 1.29 is 17.6 Å². The zero-order valence-corrected chi connectivity index (χ0v) is 11.8. The van der Waals surface area contributed by atoms with Crippen LogP contribution in [0.25, 0.3) is 0 Å². The molecule has 1 atom stereocenters. The number of halogens is 4. The maximum absolute atomic E-state index is 13.5. The topological polar surface area (TPSA) is 41.6 Å². The van der Waals surface area contributed by atoms with Gasteiger partial charge in [0.2, 0.25) is 0 Å². The van der Waals surface area contributed by atoms with Gasteiger partial charge in [-0.1, -0.05) is 13.8 Å². The number of nitrogens with zero attached hydrogens (tertiary/aromatic N) is 2. The van der Waals surface area contributed by atoms with E-state index in [1.54, 1.807) is 4.90 Å². The molecule has 2 rings (SSSR count). The third-order valence-corrected chi connectivity index (χ3v) is 3.29. The Labute approximate surface area is 120 Å². The predicted molar refractivity (Wildman–Crippen MR) is 72.2 cm³/mol. The average molecular weight is 303 g/mol. The highest BCUT2D eigenvalue weighted by atomic mass is 19.4. The molecule has 0 radical (unpaired) electrons. The van der Waals surface area contributed by atoms with Crippen molar-refractivity contribution in [1.82, 2.24) is 4.90 Å². The van der Waals surface area contributed by atoms with E-state index < -0.39 is 23.6 Å². The van der Waals surface area contributed by atoms with E-state index in [4.69, 9.17) is 5.73 Å². The molecule has 3 nitrogen and oxygen atoms in total. The van der Waals surface area contributed by atoms with Gasteiger partial charge in [0.15, 0.2) is 5.96 Å². The Morgan fingerprint density at radius 2 is 2.00 bits per heavy atom. The van der Waals surface area contributed by atoms with Crippen molar-refractivity contribution >= 4 is 5.96 Å². The van der Waals surface area contributed by atoms with Crippen molar-refractivity contribution in [1.29, 1.82) is 0 Å². The summed E-state index contributed by atoms with van der Waals surface area (Å²) < 4.78 is 51.9. The fourth-order valence-electron chi connectivity index (χ4n) is 2.40. The highest BCUT2D eigenvalue weighted by molar-refractivity contribution is 5.80. The first-order valence-electron chi connectivity index (χ1n) is 6.62. The zero-order chi connectivity index (χ0) is 15.8. The summed E-state index contributed by atoms with van der Waals surface area (Å²) in [7, 11) is 0. The number of nitrogens with two attached hydrogens (primary N) is 1. The van der Waals surface area contributed by atoms with Crippen LogP contribution in [0, 0.1) is 11.7 Å². The molecule has 0 saturated carbocycles. The van der Waals surface area contributed by atoms with E-state index >= 15 is 0 Å². The second-order valence-corrected chi connectivity index (χ2v) is 5.53. The molecule has 0 fully saturated rings. The van der Waals surface area contributed by atoms with Crippen molar-refractivity contribution in [2.24, 2.45) is 16.6 Å². The lowest BCUT2D eigenvalue weighted by atomic mass is 10.0. The molecule has 1 unspecified atom stereocenters. The Bertz CT molecular complexity index is 552. The molecule has 116 valence electrons. The molecule has 0 saturated heterocycles. The SMILES string of the molecule is CC(C)CN1C(N)=NCC1c1cc(F)cc(C(F)(F)F)c1. The van der Waals surface area contributed by atoms with Crippen LogP contribution in [0.15, 0.2) is 23.2 Å². The van der Waals surface area contributed by atoms with E-state index in [0.717, 1.165) is 12.1 Å². The molecule has 1 aromatic carbocycles. The lowest BCUT2D eigenvalue weighted by molar-refractivity contribution is -0.137. The molecular formula is C14H17F4N3. The first kappa shape index (κ1) is 15.6. The Morgan fingerprint density at radius 1 is 1.33 bits per heavy atom. The van der Waals surface area contributed by atoms with Crippen LogP contribution in [0.3, 0.4) is 0 Å². The van der Waals surface area contributed by atoms with E-state index in [2.05, 4.69) is 4.99 Å². The van der Waals surface area contributed by atoms with Crippen LogP contribution >= 0.6 is 0 Å². The number of alkyl halides is 3. The standard InChI is InChI=1S/C14H17F4N3/c1-8(2)7-21-12(6-20-13(21)19)9-3-10(14(16,17)18)5-11(15)4-9/h3-5,8,12H,6-7H2,1-2H3,(H2,19,20). The summed E-state index contributed by atoms with van der Waals surface area (Å²) in [4.78, 5) is 5.79. The summed E-state index contributed by atoms with van der Waals surface area (Å²) in [6.45, 7) is 4.72. The van der Waals surface area contributed by atoms with Crippen LogP contribution in [-0.4, -0.2) is 23.9 Å². The van der Waals surface area contributed by atoms with Gasteiger partial charge in [0, 0.05) is 6.54 Å². The molecular weight excluding hydrogens is 286 g/mol. The van der Waals surface area contributed by atoms with Crippen molar-refractivity contribution in [3.63, 3.8) is 0 Å². The predicted octanol–water partition coefficient (Wildman–Crippen LogP) is 3.17. The Morgan fingerprint density at radius 3 is 2.57 bits per heavy atom. The smallest absolute Gasteiger partial charge is 0.370 e. The van der Waals surface area contributed by atoms with Gasteiger partial charge in [0.05, 0.1) is 18.2 Å². The highest BCUT2D eigenvalue weighted by Crippen LogP contribution is 2.34. The first-order chi connectivity index (χ1) is 9.68. The van der Waals surface area contributed by atoms with Gasteiger partial charge < -0.3 is 10.6 Å². The third kappa shape index (κ3) is 3.46. The van der Waals surface area contributed by atoms with Gasteiger partial charge in [0.25, 0.3) is 0 Å². The molecule has 0 bridgehead atoms. The largest absolute Gasteiger partial charge is 0.416 e. The van der Waals surface area contributed by atoms with E-state index in [1.807, 2.05) is 13.8 Å². The lowest BCUT2D eigenvalue weighted by Gasteiger charge is -2.28. The average Bonchev–Trinajstić information content (AvgIpc) is 2.68. The van der Waals surface area contributed by atoms with Gasteiger partial charge in [-0.25, -0.2) is 4.39 Å². The minimum atomic E-state index is -4.58. The summed E-state index contributed by atoms with van der Waals surface area (Å²) in [5.41, 5.74) is 5.03. The molecule has 0 aromatic heterocycles.